The van der Waals surface area contributed by atoms with Gasteiger partial charge in [-0.05, 0) is 43.5 Å². The maximum atomic E-state index is 13.8. The van der Waals surface area contributed by atoms with Gasteiger partial charge in [-0.3, -0.25) is 14.5 Å². The van der Waals surface area contributed by atoms with E-state index in [2.05, 4.69) is 48.0 Å². The van der Waals surface area contributed by atoms with E-state index in [0.717, 1.165) is 35.9 Å². The van der Waals surface area contributed by atoms with Gasteiger partial charge in [-0.1, -0.05) is 50.2 Å². The second-order valence-electron chi connectivity index (χ2n) is 8.52. The van der Waals surface area contributed by atoms with Crippen molar-refractivity contribution in [3.63, 3.8) is 0 Å². The van der Waals surface area contributed by atoms with Crippen molar-refractivity contribution in [3.05, 3.63) is 83.7 Å². The average Bonchev–Trinajstić information content (AvgIpc) is 3.17. The lowest BCUT2D eigenvalue weighted by atomic mass is 9.87. The molecule has 5 nitrogen and oxygen atoms in total. The molecule has 0 fully saturated rings. The Bertz CT molecular complexity index is 1280. The predicted octanol–water partition coefficient (Wildman–Crippen LogP) is 5.56. The van der Waals surface area contributed by atoms with Gasteiger partial charge >= 0.3 is 0 Å². The van der Waals surface area contributed by atoms with Gasteiger partial charge in [-0.2, -0.15) is 5.10 Å². The first-order chi connectivity index (χ1) is 15.6. The first kappa shape index (κ1) is 20.4. The van der Waals surface area contributed by atoms with Gasteiger partial charge in [-0.25, -0.2) is 0 Å². The fraction of sp³-hybridized carbons (Fsp3) is 0.296. The molecule has 0 saturated heterocycles. The van der Waals surface area contributed by atoms with E-state index in [1.54, 1.807) is 6.20 Å². The monoisotopic (exact) mass is 424 g/mol. The van der Waals surface area contributed by atoms with Gasteiger partial charge in [-0.15, -0.1) is 0 Å². The number of aryl methyl sites for hydroxylation is 1. The number of hydrogen-bond acceptors (Lipinski definition) is 3. The van der Waals surface area contributed by atoms with Crippen molar-refractivity contribution in [1.82, 2.24) is 19.7 Å². The molecule has 5 heteroatoms. The average molecular weight is 425 g/mol. The largest absolute Gasteiger partial charge is 0.327 e. The van der Waals surface area contributed by atoms with E-state index in [0.29, 0.717) is 5.56 Å². The molecule has 2 aromatic heterocycles. The van der Waals surface area contributed by atoms with Crippen LogP contribution in [0, 0.1) is 0 Å². The maximum Gasteiger partial charge on any atom is 0.254 e. The Kier molecular flexibility index (Phi) is 5.25. The number of aromatic nitrogens is 3. The van der Waals surface area contributed by atoms with Crippen LogP contribution in [-0.2, 0) is 13.5 Å². The molecule has 0 spiro atoms. The molecule has 1 aliphatic heterocycles. The van der Waals surface area contributed by atoms with Crippen LogP contribution in [0.25, 0.3) is 22.2 Å². The number of amides is 1. The van der Waals surface area contributed by atoms with Gasteiger partial charge in [0, 0.05) is 41.4 Å². The molecule has 0 radical (unpaired) electrons. The summed E-state index contributed by atoms with van der Waals surface area (Å²) in [6.45, 7) is 4.32. The highest BCUT2D eigenvalue weighted by atomic mass is 16.2. The van der Waals surface area contributed by atoms with Gasteiger partial charge in [0.05, 0.1) is 22.9 Å². The molecule has 1 aliphatic rings. The van der Waals surface area contributed by atoms with E-state index in [4.69, 9.17) is 5.10 Å². The Labute approximate surface area is 188 Å². The van der Waals surface area contributed by atoms with Crippen LogP contribution in [-0.4, -0.2) is 31.6 Å². The number of pyridine rings is 1. The maximum absolute atomic E-state index is 13.8. The third-order valence-corrected chi connectivity index (χ3v) is 6.65. The van der Waals surface area contributed by atoms with Crippen molar-refractivity contribution in [2.75, 3.05) is 0 Å². The second-order valence-corrected chi connectivity index (χ2v) is 8.52. The summed E-state index contributed by atoms with van der Waals surface area (Å²) < 4.78 is 1.99. The molecule has 2 atom stereocenters. The highest BCUT2D eigenvalue weighted by Crippen LogP contribution is 2.41. The molecule has 2 aromatic carbocycles. The van der Waals surface area contributed by atoms with Crippen LogP contribution in [0.3, 0.4) is 0 Å². The fourth-order valence-electron chi connectivity index (χ4n) is 5.13. The summed E-state index contributed by atoms with van der Waals surface area (Å²) in [7, 11) is 2.01. The number of rotatable bonds is 4. The highest BCUT2D eigenvalue weighted by molar-refractivity contribution is 5.98. The molecule has 5 rings (SSSR count). The van der Waals surface area contributed by atoms with Gasteiger partial charge in [0.1, 0.15) is 0 Å². The van der Waals surface area contributed by atoms with Crippen LogP contribution in [0.1, 0.15) is 54.3 Å². The summed E-state index contributed by atoms with van der Waals surface area (Å²) in [6.07, 6.45) is 4.33. The molecule has 32 heavy (non-hydrogen) atoms. The molecule has 4 aromatic rings. The van der Waals surface area contributed by atoms with Crippen molar-refractivity contribution in [1.29, 1.82) is 0 Å². The topological polar surface area (TPSA) is 51.0 Å². The molecular formula is C27H28N4O. The molecule has 0 aliphatic carbocycles. The smallest absolute Gasteiger partial charge is 0.254 e. The minimum atomic E-state index is -0.0375. The van der Waals surface area contributed by atoms with Crippen LogP contribution >= 0.6 is 0 Å². The standard InChI is InChI=1S/C27H28N4O/c1-4-21-17-22-25(29-30(3)26(22)18-10-7-6-8-11-18)24(5-2)31(21)27(32)20-13-14-23-19(16-20)12-9-15-28-23/h6-16,21,24H,4-5,17H2,1-3H3. The van der Waals surface area contributed by atoms with E-state index < -0.39 is 0 Å². The summed E-state index contributed by atoms with van der Waals surface area (Å²) >= 11 is 0. The van der Waals surface area contributed by atoms with Crippen molar-refractivity contribution in [2.45, 2.75) is 45.2 Å². The summed E-state index contributed by atoms with van der Waals surface area (Å²) in [4.78, 5) is 20.3. The Hall–Kier alpha value is -3.47. The van der Waals surface area contributed by atoms with Crippen molar-refractivity contribution in [3.8, 4) is 11.3 Å². The summed E-state index contributed by atoms with van der Waals surface area (Å²) in [6, 6.07) is 20.3. The Morgan fingerprint density at radius 1 is 1.03 bits per heavy atom. The van der Waals surface area contributed by atoms with Crippen molar-refractivity contribution >= 4 is 16.8 Å². The second kappa shape index (κ2) is 8.23. The Morgan fingerprint density at radius 2 is 1.84 bits per heavy atom. The van der Waals surface area contributed by atoms with E-state index in [1.165, 1.54) is 16.8 Å². The van der Waals surface area contributed by atoms with Crippen LogP contribution in [0.5, 0.6) is 0 Å². The molecule has 162 valence electrons. The zero-order valence-electron chi connectivity index (χ0n) is 18.8. The van der Waals surface area contributed by atoms with E-state index >= 15 is 0 Å². The normalized spacial score (nSPS) is 18.0. The van der Waals surface area contributed by atoms with Crippen molar-refractivity contribution < 1.29 is 4.79 Å². The number of nitrogens with zero attached hydrogens (tertiary/aromatic N) is 4. The molecule has 2 unspecified atom stereocenters. The van der Waals surface area contributed by atoms with Gasteiger partial charge in [0.25, 0.3) is 5.91 Å². The minimum absolute atomic E-state index is 0.0375. The van der Waals surface area contributed by atoms with Crippen LogP contribution in [0.2, 0.25) is 0 Å². The lowest BCUT2D eigenvalue weighted by Crippen LogP contribution is -2.47. The molecule has 0 bridgehead atoms. The summed E-state index contributed by atoms with van der Waals surface area (Å²) in [5, 5.41) is 5.92. The zero-order valence-corrected chi connectivity index (χ0v) is 18.8. The van der Waals surface area contributed by atoms with Gasteiger partial charge in [0.15, 0.2) is 0 Å². The first-order valence-corrected chi connectivity index (χ1v) is 11.4. The molecule has 0 N–H and O–H groups in total. The van der Waals surface area contributed by atoms with Crippen LogP contribution in [0.4, 0.5) is 0 Å². The van der Waals surface area contributed by atoms with Gasteiger partial charge in [0.2, 0.25) is 0 Å². The first-order valence-electron chi connectivity index (χ1n) is 11.4. The molecule has 1 amide bonds. The predicted molar refractivity (Wildman–Crippen MR) is 127 cm³/mol. The third kappa shape index (κ3) is 3.29. The Balaban J connectivity index is 1.59. The SMILES string of the molecule is CCC1Cc2c(nn(C)c2-c2ccccc2)C(CC)N1C(=O)c1ccc2ncccc2c1. The molecule has 0 saturated carbocycles. The van der Waals surface area contributed by atoms with Gasteiger partial charge < -0.3 is 4.90 Å². The Morgan fingerprint density at radius 3 is 2.59 bits per heavy atom. The third-order valence-electron chi connectivity index (χ3n) is 6.65. The minimum Gasteiger partial charge on any atom is -0.327 e. The summed E-state index contributed by atoms with van der Waals surface area (Å²) in [5.41, 5.74) is 6.28. The lowest BCUT2D eigenvalue weighted by molar-refractivity contribution is 0.0513. The van der Waals surface area contributed by atoms with E-state index in [-0.39, 0.29) is 18.0 Å². The van der Waals surface area contributed by atoms with Crippen LogP contribution < -0.4 is 0 Å². The number of hydrogen-bond donors (Lipinski definition) is 0. The summed E-state index contributed by atoms with van der Waals surface area (Å²) in [5.74, 6) is 0.0759. The van der Waals surface area contributed by atoms with E-state index in [1.807, 2.05) is 48.1 Å². The molecule has 3 heterocycles. The number of carbonyl (C=O) groups is 1. The fourth-order valence-corrected chi connectivity index (χ4v) is 5.13. The highest BCUT2D eigenvalue weighted by Gasteiger charge is 2.40. The lowest BCUT2D eigenvalue weighted by Gasteiger charge is -2.41. The van der Waals surface area contributed by atoms with E-state index in [9.17, 15) is 4.79 Å². The zero-order chi connectivity index (χ0) is 22.2. The quantitative estimate of drug-likeness (QED) is 0.431. The number of benzene rings is 2. The molecular weight excluding hydrogens is 396 g/mol. The van der Waals surface area contributed by atoms with Crippen LogP contribution in [0.15, 0.2) is 66.9 Å². The number of fused-ring (bicyclic) bond motifs is 2. The number of carbonyl (C=O) groups excluding carboxylic acids is 1. The van der Waals surface area contributed by atoms with Crippen molar-refractivity contribution in [2.24, 2.45) is 7.05 Å².